The van der Waals surface area contributed by atoms with E-state index in [-0.39, 0.29) is 6.42 Å². The molecule has 0 unspecified atom stereocenters. The highest BCUT2D eigenvalue weighted by molar-refractivity contribution is 7.15. The lowest BCUT2D eigenvalue weighted by Crippen LogP contribution is -2.24. The van der Waals surface area contributed by atoms with Crippen molar-refractivity contribution in [3.8, 4) is 21.8 Å². The smallest absolute Gasteiger partial charge is 0.124 e. The fourth-order valence-corrected chi connectivity index (χ4v) is 3.34. The van der Waals surface area contributed by atoms with Gasteiger partial charge < -0.3 is 9.90 Å². The van der Waals surface area contributed by atoms with Crippen molar-refractivity contribution in [3.63, 3.8) is 0 Å². The van der Waals surface area contributed by atoms with E-state index in [1.54, 1.807) is 12.1 Å². The summed E-state index contributed by atoms with van der Waals surface area (Å²) in [6, 6.07) is 16.9. The van der Waals surface area contributed by atoms with Gasteiger partial charge in [-0.15, -0.1) is 11.3 Å². The van der Waals surface area contributed by atoms with E-state index in [2.05, 4.69) is 4.98 Å². The van der Waals surface area contributed by atoms with Crippen molar-refractivity contribution in [2.24, 2.45) is 0 Å². The summed E-state index contributed by atoms with van der Waals surface area (Å²) in [4.78, 5) is 16.3. The van der Waals surface area contributed by atoms with E-state index < -0.39 is 5.97 Å². The summed E-state index contributed by atoms with van der Waals surface area (Å²) in [5.74, 6) is -1.11. The summed E-state index contributed by atoms with van der Waals surface area (Å²) in [5, 5.41) is 12.4. The predicted octanol–water partition coefficient (Wildman–Crippen LogP) is 3.42. The first kappa shape index (κ1) is 14.8. The Kier molecular flexibility index (Phi) is 4.22. The number of carboxylic acid groups (broad SMARTS) is 1. The average Bonchev–Trinajstić information content (AvgIpc) is 2.92. The van der Waals surface area contributed by atoms with Crippen LogP contribution in [-0.4, -0.2) is 11.0 Å². The van der Waals surface area contributed by atoms with Crippen LogP contribution in [0.4, 0.5) is 0 Å². The summed E-state index contributed by atoms with van der Waals surface area (Å²) >= 11 is 7.26. The number of aromatic nitrogens is 1. The second-order valence-electron chi connectivity index (χ2n) is 4.71. The Morgan fingerprint density at radius 1 is 1.05 bits per heavy atom. The molecule has 0 fully saturated rings. The van der Waals surface area contributed by atoms with E-state index in [1.807, 2.05) is 42.5 Å². The number of carbonyl (C=O) groups is 1. The Balaban J connectivity index is 2.08. The lowest BCUT2D eigenvalue weighted by Gasteiger charge is -2.02. The van der Waals surface area contributed by atoms with Crippen molar-refractivity contribution in [2.75, 3.05) is 0 Å². The summed E-state index contributed by atoms with van der Waals surface area (Å²) in [6.07, 6.45) is -0.143. The lowest BCUT2D eigenvalue weighted by atomic mass is 10.1. The fraction of sp³-hybridized carbons (Fsp3) is 0.0588. The minimum absolute atomic E-state index is 0.143. The molecule has 1 heterocycles. The number of hydrogen-bond donors (Lipinski definition) is 0. The third-order valence-electron chi connectivity index (χ3n) is 3.14. The molecule has 2 aromatic carbocycles. The number of benzene rings is 2. The Morgan fingerprint density at radius 2 is 1.73 bits per heavy atom. The zero-order valence-corrected chi connectivity index (χ0v) is 13.0. The van der Waals surface area contributed by atoms with Crippen LogP contribution in [0.15, 0.2) is 54.6 Å². The van der Waals surface area contributed by atoms with Crippen molar-refractivity contribution in [1.29, 1.82) is 0 Å². The van der Waals surface area contributed by atoms with Gasteiger partial charge in [0.15, 0.2) is 0 Å². The number of nitrogens with zero attached hydrogens (tertiary/aromatic N) is 1. The maximum atomic E-state index is 11.0. The van der Waals surface area contributed by atoms with E-state index >= 15 is 0 Å². The van der Waals surface area contributed by atoms with E-state index in [4.69, 9.17) is 11.6 Å². The Bertz CT molecular complexity index is 797. The van der Waals surface area contributed by atoms with Crippen LogP contribution in [0.5, 0.6) is 0 Å². The molecule has 22 heavy (non-hydrogen) atoms. The van der Waals surface area contributed by atoms with Gasteiger partial charge in [0.1, 0.15) is 5.01 Å². The first-order chi connectivity index (χ1) is 10.6. The molecule has 0 bridgehead atoms. The van der Waals surface area contributed by atoms with Crippen molar-refractivity contribution >= 4 is 28.9 Å². The second-order valence-corrected chi connectivity index (χ2v) is 6.23. The monoisotopic (exact) mass is 328 g/mol. The number of hydrogen-bond acceptors (Lipinski definition) is 4. The van der Waals surface area contributed by atoms with Crippen LogP contribution < -0.4 is 5.11 Å². The van der Waals surface area contributed by atoms with E-state index in [9.17, 15) is 9.90 Å². The van der Waals surface area contributed by atoms with Crippen LogP contribution in [-0.2, 0) is 11.2 Å². The molecule has 3 rings (SSSR count). The molecule has 0 amide bonds. The molecule has 0 spiro atoms. The standard InChI is InChI=1S/C17H12ClNO2S/c18-13-8-6-12(7-9-13)17-19-16(11-4-2-1-3-5-11)14(22-17)10-15(20)21/h1-9H,10H2,(H,20,21)/p-1. The number of rotatable bonds is 4. The average molecular weight is 329 g/mol. The highest BCUT2D eigenvalue weighted by atomic mass is 35.5. The SMILES string of the molecule is O=C([O-])Cc1sc(-c2ccc(Cl)cc2)nc1-c1ccccc1. The maximum Gasteiger partial charge on any atom is 0.124 e. The van der Waals surface area contributed by atoms with Gasteiger partial charge in [-0.05, 0) is 12.1 Å². The van der Waals surface area contributed by atoms with Crippen LogP contribution in [0.3, 0.4) is 0 Å². The number of thiazole rings is 1. The Labute approximate surface area is 136 Å². The summed E-state index contributed by atoms with van der Waals surface area (Å²) in [5.41, 5.74) is 2.51. The normalized spacial score (nSPS) is 10.6. The maximum absolute atomic E-state index is 11.0. The topological polar surface area (TPSA) is 53.0 Å². The van der Waals surface area contributed by atoms with E-state index in [0.717, 1.165) is 16.1 Å². The third kappa shape index (κ3) is 3.18. The zero-order chi connectivity index (χ0) is 15.5. The molecule has 0 N–H and O–H groups in total. The van der Waals surface area contributed by atoms with Gasteiger partial charge in [0, 0.05) is 33.4 Å². The van der Waals surface area contributed by atoms with Gasteiger partial charge in [0.2, 0.25) is 0 Å². The summed E-state index contributed by atoms with van der Waals surface area (Å²) in [6.45, 7) is 0. The van der Waals surface area contributed by atoms with Gasteiger partial charge in [0.05, 0.1) is 5.69 Å². The van der Waals surface area contributed by atoms with Gasteiger partial charge in [-0.1, -0.05) is 54.1 Å². The van der Waals surface area contributed by atoms with Gasteiger partial charge in [-0.3, -0.25) is 0 Å². The molecule has 1 aromatic heterocycles. The molecule has 0 aliphatic rings. The molecule has 0 saturated heterocycles. The molecule has 110 valence electrons. The van der Waals surface area contributed by atoms with E-state index in [1.165, 1.54) is 11.3 Å². The quantitative estimate of drug-likeness (QED) is 0.737. The molecule has 0 saturated carbocycles. The van der Waals surface area contributed by atoms with Crippen LogP contribution >= 0.6 is 22.9 Å². The second kappa shape index (κ2) is 6.30. The predicted molar refractivity (Wildman–Crippen MR) is 86.7 cm³/mol. The van der Waals surface area contributed by atoms with Crippen LogP contribution in [0.25, 0.3) is 21.8 Å². The number of carboxylic acids is 1. The van der Waals surface area contributed by atoms with Crippen molar-refractivity contribution in [3.05, 3.63) is 64.5 Å². The molecule has 0 aliphatic carbocycles. The van der Waals surface area contributed by atoms with Crippen LogP contribution in [0.1, 0.15) is 4.88 Å². The molecule has 3 aromatic rings. The molecule has 0 radical (unpaired) electrons. The molecular formula is C17H11ClNO2S-. The lowest BCUT2D eigenvalue weighted by molar-refractivity contribution is -0.304. The highest BCUT2D eigenvalue weighted by Crippen LogP contribution is 2.34. The summed E-state index contributed by atoms with van der Waals surface area (Å²) < 4.78 is 0. The van der Waals surface area contributed by atoms with Gasteiger partial charge >= 0.3 is 0 Å². The Hall–Kier alpha value is -2.17. The Morgan fingerprint density at radius 3 is 2.36 bits per heavy atom. The fourth-order valence-electron chi connectivity index (χ4n) is 2.14. The first-order valence-corrected chi connectivity index (χ1v) is 7.84. The van der Waals surface area contributed by atoms with Gasteiger partial charge in [-0.2, -0.15) is 0 Å². The van der Waals surface area contributed by atoms with Crippen LogP contribution in [0.2, 0.25) is 5.02 Å². The third-order valence-corrected chi connectivity index (χ3v) is 4.50. The first-order valence-electron chi connectivity index (χ1n) is 6.64. The zero-order valence-electron chi connectivity index (χ0n) is 11.5. The van der Waals surface area contributed by atoms with Crippen molar-refractivity contribution < 1.29 is 9.90 Å². The molecule has 0 atom stereocenters. The number of halogens is 1. The summed E-state index contributed by atoms with van der Waals surface area (Å²) in [7, 11) is 0. The molecule has 5 heteroatoms. The van der Waals surface area contributed by atoms with E-state index in [0.29, 0.717) is 15.6 Å². The molecule has 0 aliphatic heterocycles. The highest BCUT2D eigenvalue weighted by Gasteiger charge is 2.14. The molecule has 3 nitrogen and oxygen atoms in total. The minimum Gasteiger partial charge on any atom is -0.550 e. The van der Waals surface area contributed by atoms with Gasteiger partial charge in [0.25, 0.3) is 0 Å². The molecular weight excluding hydrogens is 318 g/mol. The van der Waals surface area contributed by atoms with Crippen LogP contribution in [0, 0.1) is 0 Å². The van der Waals surface area contributed by atoms with Crippen molar-refractivity contribution in [2.45, 2.75) is 6.42 Å². The van der Waals surface area contributed by atoms with Crippen molar-refractivity contribution in [1.82, 2.24) is 4.98 Å². The number of carbonyl (C=O) groups excluding carboxylic acids is 1. The largest absolute Gasteiger partial charge is 0.550 e. The number of aliphatic carboxylic acids is 1. The van der Waals surface area contributed by atoms with Gasteiger partial charge in [-0.25, -0.2) is 4.98 Å². The minimum atomic E-state index is -1.11.